The summed E-state index contributed by atoms with van der Waals surface area (Å²) in [7, 11) is 1.60. The van der Waals surface area contributed by atoms with E-state index in [2.05, 4.69) is 10.2 Å². The second-order valence-electron chi connectivity index (χ2n) is 3.82. The molecule has 5 heteroatoms. The summed E-state index contributed by atoms with van der Waals surface area (Å²) in [6.45, 7) is 2.33. The zero-order chi connectivity index (χ0) is 13.0. The van der Waals surface area contributed by atoms with Crippen LogP contribution in [-0.2, 0) is 6.54 Å². The molecule has 1 aromatic heterocycles. The van der Waals surface area contributed by atoms with Crippen LogP contribution in [0, 0.1) is 6.92 Å². The number of methoxy groups -OCH3 is 1. The van der Waals surface area contributed by atoms with Gasteiger partial charge in [0, 0.05) is 12.1 Å². The third-order valence-electron chi connectivity index (χ3n) is 2.51. The maximum atomic E-state index is 5.70. The molecule has 0 aliphatic rings. The van der Waals surface area contributed by atoms with E-state index in [1.807, 2.05) is 25.1 Å². The van der Waals surface area contributed by atoms with Crippen LogP contribution in [0.15, 0.2) is 30.5 Å². The van der Waals surface area contributed by atoms with E-state index in [-0.39, 0.29) is 0 Å². The van der Waals surface area contributed by atoms with Gasteiger partial charge < -0.3 is 15.2 Å². The van der Waals surface area contributed by atoms with E-state index in [9.17, 15) is 0 Å². The van der Waals surface area contributed by atoms with Crippen LogP contribution in [0.2, 0.25) is 0 Å². The van der Waals surface area contributed by atoms with Crippen LogP contribution in [0.4, 0.5) is 0 Å². The molecule has 0 spiro atoms. The minimum Gasteiger partial charge on any atom is -0.493 e. The van der Waals surface area contributed by atoms with Gasteiger partial charge in [-0.1, -0.05) is 6.07 Å². The first-order chi connectivity index (χ1) is 8.74. The lowest BCUT2D eigenvalue weighted by Crippen LogP contribution is -2.02. The number of nitrogens with two attached hydrogens (primary N) is 1. The lowest BCUT2D eigenvalue weighted by molar-refractivity contribution is 0.370. The highest BCUT2D eigenvalue weighted by atomic mass is 16.5. The van der Waals surface area contributed by atoms with Gasteiger partial charge in [-0.15, -0.1) is 5.10 Å². The highest BCUT2D eigenvalue weighted by Gasteiger charge is 2.09. The highest BCUT2D eigenvalue weighted by Crippen LogP contribution is 2.32. The van der Waals surface area contributed by atoms with Gasteiger partial charge in [0.25, 0.3) is 0 Å². The molecule has 94 valence electrons. The Labute approximate surface area is 106 Å². The fourth-order valence-corrected chi connectivity index (χ4v) is 1.55. The summed E-state index contributed by atoms with van der Waals surface area (Å²) in [6, 6.07) is 7.45. The van der Waals surface area contributed by atoms with Gasteiger partial charge in [0.2, 0.25) is 5.88 Å². The Kier molecular flexibility index (Phi) is 3.74. The SMILES string of the molecule is COc1cc(C)ccc1Oc1nnccc1CN. The molecule has 1 heterocycles. The largest absolute Gasteiger partial charge is 0.493 e. The molecular weight excluding hydrogens is 230 g/mol. The van der Waals surface area contributed by atoms with Crippen molar-refractivity contribution in [2.24, 2.45) is 5.73 Å². The Balaban J connectivity index is 2.33. The molecule has 5 nitrogen and oxygen atoms in total. The molecule has 2 N–H and O–H groups in total. The molecule has 0 amide bonds. The highest BCUT2D eigenvalue weighted by molar-refractivity contribution is 5.44. The topological polar surface area (TPSA) is 70.3 Å². The summed E-state index contributed by atoms with van der Waals surface area (Å²) in [6.07, 6.45) is 1.58. The summed E-state index contributed by atoms with van der Waals surface area (Å²) in [5, 5.41) is 7.73. The molecule has 2 aromatic rings. The fraction of sp³-hybridized carbons (Fsp3) is 0.231. The van der Waals surface area contributed by atoms with E-state index in [1.54, 1.807) is 19.4 Å². The maximum Gasteiger partial charge on any atom is 0.243 e. The second kappa shape index (κ2) is 5.46. The smallest absolute Gasteiger partial charge is 0.243 e. The van der Waals surface area contributed by atoms with Gasteiger partial charge >= 0.3 is 0 Å². The molecule has 0 aliphatic carbocycles. The Hall–Kier alpha value is -2.14. The van der Waals surface area contributed by atoms with E-state index in [4.69, 9.17) is 15.2 Å². The molecule has 0 radical (unpaired) electrons. The molecule has 1 aromatic carbocycles. The third-order valence-corrected chi connectivity index (χ3v) is 2.51. The Bertz CT molecular complexity index is 544. The van der Waals surface area contributed by atoms with Crippen LogP contribution in [0.25, 0.3) is 0 Å². The van der Waals surface area contributed by atoms with Crippen molar-refractivity contribution in [3.63, 3.8) is 0 Å². The monoisotopic (exact) mass is 245 g/mol. The molecule has 0 saturated heterocycles. The van der Waals surface area contributed by atoms with Crippen molar-refractivity contribution in [2.75, 3.05) is 7.11 Å². The predicted octanol–water partition coefficient (Wildman–Crippen LogP) is 2.04. The van der Waals surface area contributed by atoms with E-state index in [0.29, 0.717) is 23.9 Å². The zero-order valence-corrected chi connectivity index (χ0v) is 10.4. The van der Waals surface area contributed by atoms with Crippen LogP contribution in [0.1, 0.15) is 11.1 Å². The first-order valence-electron chi connectivity index (χ1n) is 5.57. The van der Waals surface area contributed by atoms with Crippen LogP contribution in [-0.4, -0.2) is 17.3 Å². The van der Waals surface area contributed by atoms with Crippen molar-refractivity contribution in [3.05, 3.63) is 41.6 Å². The van der Waals surface area contributed by atoms with Crippen LogP contribution < -0.4 is 15.2 Å². The lowest BCUT2D eigenvalue weighted by atomic mass is 10.2. The first-order valence-corrected chi connectivity index (χ1v) is 5.57. The first kappa shape index (κ1) is 12.3. The van der Waals surface area contributed by atoms with Gasteiger partial charge in [0.05, 0.1) is 13.3 Å². The molecule has 0 aliphatic heterocycles. The number of hydrogen-bond acceptors (Lipinski definition) is 5. The predicted molar refractivity (Wildman–Crippen MR) is 67.7 cm³/mol. The van der Waals surface area contributed by atoms with Crippen molar-refractivity contribution < 1.29 is 9.47 Å². The minimum atomic E-state index is 0.346. The van der Waals surface area contributed by atoms with Gasteiger partial charge in [-0.2, -0.15) is 5.10 Å². The Morgan fingerprint density at radius 3 is 2.78 bits per heavy atom. The number of nitrogens with zero attached hydrogens (tertiary/aromatic N) is 2. The Morgan fingerprint density at radius 1 is 1.22 bits per heavy atom. The van der Waals surface area contributed by atoms with Crippen molar-refractivity contribution in [2.45, 2.75) is 13.5 Å². The average molecular weight is 245 g/mol. The van der Waals surface area contributed by atoms with E-state index >= 15 is 0 Å². The zero-order valence-electron chi connectivity index (χ0n) is 10.4. The molecule has 0 saturated carbocycles. The Morgan fingerprint density at radius 2 is 2.06 bits per heavy atom. The molecule has 18 heavy (non-hydrogen) atoms. The summed E-state index contributed by atoms with van der Waals surface area (Å²) in [5.41, 5.74) is 7.51. The number of ether oxygens (including phenoxy) is 2. The summed E-state index contributed by atoms with van der Waals surface area (Å²) in [4.78, 5) is 0. The van der Waals surface area contributed by atoms with Crippen molar-refractivity contribution >= 4 is 0 Å². The maximum absolute atomic E-state index is 5.70. The summed E-state index contributed by atoms with van der Waals surface area (Å²) in [5.74, 6) is 1.66. The van der Waals surface area contributed by atoms with Crippen LogP contribution in [0.3, 0.4) is 0 Å². The van der Waals surface area contributed by atoms with Gasteiger partial charge in [0.15, 0.2) is 11.5 Å². The summed E-state index contributed by atoms with van der Waals surface area (Å²) >= 11 is 0. The molecule has 0 atom stereocenters. The van der Waals surface area contributed by atoms with E-state index in [1.165, 1.54) is 0 Å². The van der Waals surface area contributed by atoms with Crippen molar-refractivity contribution in [3.8, 4) is 17.4 Å². The van der Waals surface area contributed by atoms with Crippen LogP contribution in [0.5, 0.6) is 17.4 Å². The molecule has 2 rings (SSSR count). The van der Waals surface area contributed by atoms with Gasteiger partial charge in [-0.05, 0) is 30.7 Å². The average Bonchev–Trinajstić information content (AvgIpc) is 2.41. The second-order valence-corrected chi connectivity index (χ2v) is 3.82. The standard InChI is InChI=1S/C13H15N3O2/c1-9-3-4-11(12(7-9)17-2)18-13-10(8-14)5-6-15-16-13/h3-7H,8,14H2,1-2H3. The quantitative estimate of drug-likeness (QED) is 0.892. The number of aromatic nitrogens is 2. The van der Waals surface area contributed by atoms with E-state index < -0.39 is 0 Å². The van der Waals surface area contributed by atoms with E-state index in [0.717, 1.165) is 11.1 Å². The lowest BCUT2D eigenvalue weighted by Gasteiger charge is -2.11. The van der Waals surface area contributed by atoms with Crippen molar-refractivity contribution in [1.82, 2.24) is 10.2 Å². The van der Waals surface area contributed by atoms with Gasteiger partial charge in [-0.25, -0.2) is 0 Å². The number of rotatable bonds is 4. The van der Waals surface area contributed by atoms with Crippen LogP contribution >= 0.6 is 0 Å². The molecule has 0 unspecified atom stereocenters. The minimum absolute atomic E-state index is 0.346. The molecule has 0 fully saturated rings. The molecule has 0 bridgehead atoms. The van der Waals surface area contributed by atoms with Gasteiger partial charge in [-0.3, -0.25) is 0 Å². The van der Waals surface area contributed by atoms with Crippen molar-refractivity contribution in [1.29, 1.82) is 0 Å². The number of hydrogen-bond donors (Lipinski definition) is 1. The number of benzene rings is 1. The third kappa shape index (κ3) is 2.57. The summed E-state index contributed by atoms with van der Waals surface area (Å²) < 4.78 is 11.0. The number of aryl methyl sites for hydroxylation is 1. The van der Waals surface area contributed by atoms with Gasteiger partial charge in [0.1, 0.15) is 0 Å². The molecular formula is C13H15N3O2. The fourth-order valence-electron chi connectivity index (χ4n) is 1.55. The normalized spacial score (nSPS) is 10.2.